The monoisotopic (exact) mass is 430 g/mol. The van der Waals surface area contributed by atoms with Gasteiger partial charge in [-0.1, -0.05) is 54.2 Å². The molecule has 1 rings (SSSR count). The molecule has 0 aromatic heterocycles. The van der Waals surface area contributed by atoms with Crippen molar-refractivity contribution in [2.24, 2.45) is 0 Å². The van der Waals surface area contributed by atoms with Crippen LogP contribution in [-0.2, 0) is 8.85 Å². The summed E-state index contributed by atoms with van der Waals surface area (Å²) in [6, 6.07) is 0. The molecule has 1 fully saturated rings. The van der Waals surface area contributed by atoms with Gasteiger partial charge in [0.05, 0.1) is 12.2 Å². The van der Waals surface area contributed by atoms with Gasteiger partial charge in [-0.2, -0.15) is 0 Å². The van der Waals surface area contributed by atoms with Crippen molar-refractivity contribution in [1.29, 1.82) is 0 Å². The molecule has 27 heavy (non-hydrogen) atoms. The molecule has 1 saturated carbocycles. The predicted molar refractivity (Wildman–Crippen MR) is 126 cm³/mol. The maximum atomic E-state index is 9.31. The normalized spacial score (nSPS) is 25.0. The lowest BCUT2D eigenvalue weighted by molar-refractivity contribution is 0.0969. The van der Waals surface area contributed by atoms with E-state index in [1.165, 1.54) is 5.57 Å². The van der Waals surface area contributed by atoms with Crippen LogP contribution in [0.1, 0.15) is 54.4 Å². The summed E-state index contributed by atoms with van der Waals surface area (Å²) >= 11 is 0. The molecule has 1 aliphatic rings. The van der Waals surface area contributed by atoms with Gasteiger partial charge in [0, 0.05) is 21.4 Å². The lowest BCUT2D eigenvalue weighted by atomic mass is 9.86. The van der Waals surface area contributed by atoms with Crippen molar-refractivity contribution in [2.45, 2.75) is 103 Å². The fourth-order valence-corrected chi connectivity index (χ4v) is 5.77. The lowest BCUT2D eigenvalue weighted by Crippen LogP contribution is -2.49. The molecule has 3 atom stereocenters. The first-order valence-corrected chi connectivity index (χ1v) is 17.1. The minimum absolute atomic E-state index is 0.0164. The van der Waals surface area contributed by atoms with Gasteiger partial charge in [-0.3, -0.25) is 0 Å². The molecule has 158 valence electrons. The zero-order valence-corrected chi connectivity index (χ0v) is 22.3. The van der Waals surface area contributed by atoms with Crippen molar-refractivity contribution in [3.8, 4) is 0 Å². The van der Waals surface area contributed by atoms with Crippen LogP contribution >= 0.6 is 8.81 Å². The van der Waals surface area contributed by atoms with Crippen LogP contribution in [0.25, 0.3) is 0 Å². The second kappa shape index (κ2) is 8.93. The zero-order chi connectivity index (χ0) is 21.3. The molecule has 0 bridgehead atoms. The largest absolute Gasteiger partial charge is 0.413 e. The molecule has 6 heteroatoms. The van der Waals surface area contributed by atoms with Crippen molar-refractivity contribution >= 4 is 25.4 Å². The summed E-state index contributed by atoms with van der Waals surface area (Å²) < 4.78 is 13.5. The van der Waals surface area contributed by atoms with E-state index in [-0.39, 0.29) is 31.1 Å². The van der Waals surface area contributed by atoms with Crippen LogP contribution < -0.4 is 0 Å². The Hall–Kier alpha value is 0.224. The molecule has 0 amide bonds. The third kappa shape index (κ3) is 6.62. The summed E-state index contributed by atoms with van der Waals surface area (Å²) in [5, 5.41) is 0.352. The van der Waals surface area contributed by atoms with Crippen molar-refractivity contribution in [1.82, 2.24) is 0 Å². The van der Waals surface area contributed by atoms with Gasteiger partial charge < -0.3 is 13.7 Å². The molecule has 1 N–H and O–H groups in total. The summed E-state index contributed by atoms with van der Waals surface area (Å²) in [7, 11) is -3.81. The molecule has 3 nitrogen and oxygen atoms in total. The summed E-state index contributed by atoms with van der Waals surface area (Å²) in [5.74, 6) is 0. The van der Waals surface area contributed by atoms with Crippen LogP contribution in [-0.4, -0.2) is 39.9 Å². The van der Waals surface area contributed by atoms with Gasteiger partial charge in [-0.25, -0.2) is 0 Å². The van der Waals surface area contributed by atoms with Gasteiger partial charge in [-0.15, -0.1) is 0 Å². The number of hydrogen-bond donors (Lipinski definition) is 1. The van der Waals surface area contributed by atoms with Gasteiger partial charge in [-0.05, 0) is 53.8 Å². The highest BCUT2D eigenvalue weighted by molar-refractivity contribution is 7.31. The van der Waals surface area contributed by atoms with Crippen LogP contribution in [0, 0.1) is 0 Å². The maximum Gasteiger partial charge on any atom is 0.192 e. The highest BCUT2D eigenvalue weighted by Crippen LogP contribution is 2.44. The molecule has 0 spiro atoms. The molecule has 0 saturated heterocycles. The van der Waals surface area contributed by atoms with Gasteiger partial charge in [0.2, 0.25) is 0 Å². The Morgan fingerprint density at radius 2 is 1.52 bits per heavy atom. The number of rotatable bonds is 6. The van der Waals surface area contributed by atoms with E-state index in [0.717, 1.165) is 18.4 Å². The van der Waals surface area contributed by atoms with Crippen molar-refractivity contribution < 1.29 is 13.7 Å². The smallest absolute Gasteiger partial charge is 0.192 e. The molecule has 0 aromatic rings. The van der Waals surface area contributed by atoms with E-state index < -0.39 is 16.6 Å². The van der Waals surface area contributed by atoms with Gasteiger partial charge in [0.25, 0.3) is 0 Å². The Morgan fingerprint density at radius 3 is 1.96 bits per heavy atom. The molecule has 0 aliphatic heterocycles. The van der Waals surface area contributed by atoms with E-state index in [9.17, 15) is 4.89 Å². The highest BCUT2D eigenvalue weighted by atomic mass is 31.1. The van der Waals surface area contributed by atoms with E-state index in [1.54, 1.807) is 0 Å². The van der Waals surface area contributed by atoms with E-state index >= 15 is 0 Å². The Labute approximate surface area is 172 Å². The second-order valence-electron chi connectivity index (χ2n) is 10.9. The molecule has 0 radical (unpaired) electrons. The van der Waals surface area contributed by atoms with Crippen molar-refractivity contribution in [3.63, 3.8) is 0 Å². The molecular formula is C21H43O3PSi2. The lowest BCUT2D eigenvalue weighted by Gasteiger charge is -2.45. The first-order chi connectivity index (χ1) is 12.0. The third-order valence-electron chi connectivity index (χ3n) is 6.68. The third-order valence-corrected chi connectivity index (χ3v) is 16.1. The number of allylic oxidation sites excluding steroid dienone is 1. The summed E-state index contributed by atoms with van der Waals surface area (Å²) in [5.41, 5.74) is 2.31. The summed E-state index contributed by atoms with van der Waals surface area (Å²) in [6.45, 7) is 27.3. The number of hydrogen-bond acceptors (Lipinski definition) is 3. The van der Waals surface area contributed by atoms with Crippen LogP contribution in [0.5, 0.6) is 0 Å². The first-order valence-electron chi connectivity index (χ1n) is 10.1. The van der Waals surface area contributed by atoms with Crippen LogP contribution in [0.2, 0.25) is 36.3 Å². The molecule has 1 aliphatic carbocycles. The fraction of sp³-hybridized carbons (Fsp3) is 0.810. The molecular weight excluding hydrogens is 387 g/mol. The van der Waals surface area contributed by atoms with Crippen molar-refractivity contribution in [3.05, 3.63) is 23.8 Å². The molecule has 2 unspecified atom stereocenters. The van der Waals surface area contributed by atoms with Crippen LogP contribution in [0.3, 0.4) is 0 Å². The average Bonchev–Trinajstić information content (AvgIpc) is 2.46. The second-order valence-corrected chi connectivity index (χ2v) is 21.2. The Bertz CT molecular complexity index is 557. The Morgan fingerprint density at radius 1 is 1.04 bits per heavy atom. The van der Waals surface area contributed by atoms with Crippen LogP contribution in [0.4, 0.5) is 0 Å². The van der Waals surface area contributed by atoms with E-state index in [2.05, 4.69) is 80.4 Å². The van der Waals surface area contributed by atoms with Gasteiger partial charge >= 0.3 is 0 Å². The Balaban J connectivity index is 3.11. The minimum atomic E-state index is -1.90. The maximum absolute atomic E-state index is 9.31. The van der Waals surface area contributed by atoms with Gasteiger partial charge in [0.15, 0.2) is 16.6 Å². The van der Waals surface area contributed by atoms with Crippen LogP contribution in [0.15, 0.2) is 23.8 Å². The average molecular weight is 431 g/mol. The topological polar surface area (TPSA) is 38.7 Å². The van der Waals surface area contributed by atoms with E-state index in [1.807, 2.05) is 0 Å². The molecule has 0 heterocycles. The van der Waals surface area contributed by atoms with Gasteiger partial charge in [0.1, 0.15) is 0 Å². The summed E-state index contributed by atoms with van der Waals surface area (Å²) in [4.78, 5) is 9.31. The van der Waals surface area contributed by atoms with E-state index in [4.69, 9.17) is 8.85 Å². The SMILES string of the molecule is C=C1/C(=C\CPO)CC(O[Si](C)(C)C(C)(C)C)C[C@@H]1O[Si](C)(C)C(C)(C)C. The highest BCUT2D eigenvalue weighted by Gasteiger charge is 2.44. The van der Waals surface area contributed by atoms with E-state index in [0.29, 0.717) is 6.16 Å². The quantitative estimate of drug-likeness (QED) is 0.380. The zero-order valence-electron chi connectivity index (χ0n) is 19.3. The minimum Gasteiger partial charge on any atom is -0.413 e. The predicted octanol–water partition coefficient (Wildman–Crippen LogP) is 6.63. The van der Waals surface area contributed by atoms with Crippen molar-refractivity contribution in [2.75, 3.05) is 6.16 Å². The molecule has 0 aromatic carbocycles. The standard InChI is InChI=1S/C21H43O3PSi2/c1-16-17(12-13-25-22)14-18(23-26(8,9)20(2,3)4)15-19(16)24-27(10,11)21(5,6)7/h12,18-19,22,25H,1,13-15H2,2-11H3/b17-12-/t18?,19-/m0/s1. The Kier molecular flexibility index (Phi) is 8.36. The first kappa shape index (κ1) is 25.3. The fourth-order valence-electron chi connectivity index (χ4n) is 2.77. The summed E-state index contributed by atoms with van der Waals surface area (Å²) in [6.07, 6.45) is 4.78.